The number of hydrogen-bond donors (Lipinski definition) is 5. The molecule has 226 valence electrons. The van der Waals surface area contributed by atoms with Crippen LogP contribution in [0.4, 0.5) is 38.1 Å². The van der Waals surface area contributed by atoms with Gasteiger partial charge in [-0.1, -0.05) is 17.7 Å². The highest BCUT2D eigenvalue weighted by atomic mass is 35.5. The lowest BCUT2D eigenvalue weighted by Gasteiger charge is -2.37. The van der Waals surface area contributed by atoms with Crippen molar-refractivity contribution in [2.45, 2.75) is 44.2 Å². The second kappa shape index (κ2) is 13.6. The van der Waals surface area contributed by atoms with Gasteiger partial charge in [0.15, 0.2) is 11.6 Å². The molecule has 2 aromatic rings. The summed E-state index contributed by atoms with van der Waals surface area (Å²) in [6.45, 7) is 2.55. The van der Waals surface area contributed by atoms with E-state index in [0.29, 0.717) is 36.9 Å². The largest absolute Gasteiger partial charge is 0.393 e. The fraction of sp³-hybridized carbons (Fsp3) is 0.462. The number of rotatable bonds is 10. The van der Waals surface area contributed by atoms with Crippen molar-refractivity contribution in [3.8, 4) is 0 Å². The number of aliphatic hydroxyl groups is 2. The molecule has 41 heavy (non-hydrogen) atoms. The van der Waals surface area contributed by atoms with Crippen LogP contribution in [0, 0.1) is 11.6 Å². The van der Waals surface area contributed by atoms with Gasteiger partial charge in [0.05, 0.1) is 41.6 Å². The predicted octanol–water partition coefficient (Wildman–Crippen LogP) is 3.79. The summed E-state index contributed by atoms with van der Waals surface area (Å²) in [5.41, 5.74) is 4.62. The second-order valence-electron chi connectivity index (χ2n) is 9.78. The Balaban J connectivity index is 1.80. The predicted molar refractivity (Wildman–Crippen MR) is 143 cm³/mol. The highest BCUT2D eigenvalue weighted by Gasteiger charge is 2.31. The van der Waals surface area contributed by atoms with Gasteiger partial charge >= 0.3 is 12.2 Å². The second-order valence-corrected chi connectivity index (χ2v) is 10.2. The van der Waals surface area contributed by atoms with E-state index >= 15 is 8.78 Å². The number of nitrogens with two attached hydrogens (primary N) is 1. The molecule has 2 aromatic carbocycles. The SMILES string of the molecule is C[C@@H](O)CC(O)C(NC(N)=O)c1ccc(C(=O)Nc2ccc(Cl)cc2N2CCN(CCC(F)(F)F)CC2)c(F)c1F. The third kappa shape index (κ3) is 8.89. The summed E-state index contributed by atoms with van der Waals surface area (Å²) in [7, 11) is 0. The maximum atomic E-state index is 15.1. The number of primary amides is 1. The normalized spacial score (nSPS) is 16.7. The number of aliphatic hydroxyl groups excluding tert-OH is 2. The van der Waals surface area contributed by atoms with Crippen LogP contribution in [0.2, 0.25) is 5.02 Å². The van der Waals surface area contributed by atoms with Crippen LogP contribution in [0.15, 0.2) is 30.3 Å². The minimum Gasteiger partial charge on any atom is -0.393 e. The topological polar surface area (TPSA) is 131 Å². The van der Waals surface area contributed by atoms with Crippen molar-refractivity contribution in [2.24, 2.45) is 5.73 Å². The Labute approximate surface area is 238 Å². The zero-order valence-electron chi connectivity index (χ0n) is 22.0. The van der Waals surface area contributed by atoms with Crippen molar-refractivity contribution in [1.82, 2.24) is 10.2 Å². The zero-order chi connectivity index (χ0) is 30.5. The first-order valence-corrected chi connectivity index (χ1v) is 13.1. The molecule has 0 bridgehead atoms. The van der Waals surface area contributed by atoms with E-state index in [1.165, 1.54) is 19.1 Å². The van der Waals surface area contributed by atoms with Crippen molar-refractivity contribution in [1.29, 1.82) is 0 Å². The van der Waals surface area contributed by atoms with Gasteiger partial charge in [-0.3, -0.25) is 9.69 Å². The molecule has 1 aliphatic heterocycles. The molecule has 3 rings (SSSR count). The number of carbonyl (C=O) groups excluding carboxylic acids is 2. The number of halogens is 6. The zero-order valence-corrected chi connectivity index (χ0v) is 22.8. The number of nitrogens with zero attached hydrogens (tertiary/aromatic N) is 2. The molecule has 0 saturated carbocycles. The van der Waals surface area contributed by atoms with Gasteiger partial charge in [-0.15, -0.1) is 0 Å². The molecule has 2 unspecified atom stereocenters. The first kappa shape index (κ1) is 32.3. The number of anilines is 2. The van der Waals surface area contributed by atoms with Crippen molar-refractivity contribution in [2.75, 3.05) is 42.9 Å². The summed E-state index contributed by atoms with van der Waals surface area (Å²) in [5.74, 6) is -4.06. The Morgan fingerprint density at radius 1 is 1.07 bits per heavy atom. The molecule has 3 atom stereocenters. The molecular weight excluding hydrogens is 577 g/mol. The maximum absolute atomic E-state index is 15.1. The lowest BCUT2D eigenvalue weighted by Crippen LogP contribution is -2.47. The summed E-state index contributed by atoms with van der Waals surface area (Å²) in [6, 6.07) is 3.85. The summed E-state index contributed by atoms with van der Waals surface area (Å²) < 4.78 is 68.0. The molecule has 3 amide bonds. The lowest BCUT2D eigenvalue weighted by atomic mass is 9.95. The van der Waals surface area contributed by atoms with Crippen LogP contribution in [-0.4, -0.2) is 78.2 Å². The van der Waals surface area contributed by atoms with Gasteiger partial charge in [0.2, 0.25) is 0 Å². The minimum atomic E-state index is -4.26. The van der Waals surface area contributed by atoms with Gasteiger partial charge < -0.3 is 31.5 Å². The van der Waals surface area contributed by atoms with Crippen LogP contribution in [-0.2, 0) is 0 Å². The van der Waals surface area contributed by atoms with Crippen molar-refractivity contribution >= 4 is 34.9 Å². The lowest BCUT2D eigenvalue weighted by molar-refractivity contribution is -0.138. The van der Waals surface area contributed by atoms with E-state index < -0.39 is 65.5 Å². The molecule has 6 N–H and O–H groups in total. The Morgan fingerprint density at radius 3 is 2.32 bits per heavy atom. The van der Waals surface area contributed by atoms with Crippen LogP contribution in [0.25, 0.3) is 0 Å². The van der Waals surface area contributed by atoms with Gasteiger partial charge in [-0.05, 0) is 31.2 Å². The van der Waals surface area contributed by atoms with Crippen LogP contribution in [0.1, 0.15) is 41.7 Å². The number of urea groups is 1. The molecule has 15 heteroatoms. The first-order valence-electron chi connectivity index (χ1n) is 12.7. The first-order chi connectivity index (χ1) is 19.2. The van der Waals surface area contributed by atoms with Crippen molar-refractivity contribution in [3.05, 3.63) is 58.1 Å². The van der Waals surface area contributed by atoms with Gasteiger partial charge in [0, 0.05) is 49.7 Å². The Kier molecular flexibility index (Phi) is 10.8. The van der Waals surface area contributed by atoms with E-state index in [4.69, 9.17) is 17.3 Å². The molecular formula is C26H31ClF5N5O4. The highest BCUT2D eigenvalue weighted by Crippen LogP contribution is 2.32. The summed E-state index contributed by atoms with van der Waals surface area (Å²) in [4.78, 5) is 27.9. The number of benzene rings is 2. The molecule has 1 fully saturated rings. The molecule has 0 aliphatic carbocycles. The summed E-state index contributed by atoms with van der Waals surface area (Å²) in [6.07, 6.45) is -8.03. The van der Waals surface area contributed by atoms with Crippen LogP contribution < -0.4 is 21.3 Å². The monoisotopic (exact) mass is 607 g/mol. The third-order valence-corrected chi connectivity index (χ3v) is 6.82. The van der Waals surface area contributed by atoms with Gasteiger partial charge in [0.1, 0.15) is 0 Å². The molecule has 0 spiro atoms. The van der Waals surface area contributed by atoms with Crippen molar-refractivity contribution in [3.63, 3.8) is 0 Å². The van der Waals surface area contributed by atoms with Gasteiger partial charge in [-0.2, -0.15) is 13.2 Å². The minimum absolute atomic E-state index is 0.136. The van der Waals surface area contributed by atoms with Gasteiger partial charge in [0.25, 0.3) is 5.91 Å². The number of hydrogen-bond acceptors (Lipinski definition) is 6. The van der Waals surface area contributed by atoms with Gasteiger partial charge in [-0.25, -0.2) is 13.6 Å². The average molecular weight is 608 g/mol. The number of amides is 3. The molecule has 0 aromatic heterocycles. The van der Waals surface area contributed by atoms with E-state index in [2.05, 4.69) is 10.6 Å². The van der Waals surface area contributed by atoms with Crippen LogP contribution >= 0.6 is 11.6 Å². The van der Waals surface area contributed by atoms with E-state index in [1.807, 2.05) is 4.90 Å². The number of piperazine rings is 1. The molecule has 1 saturated heterocycles. The standard InChI is InChI=1S/C26H31ClF5N5O4/c1-14(38)12-20(39)23(35-25(33)41)16-3-4-17(22(29)21(16)28)24(40)34-18-5-2-15(27)13-19(18)37-10-8-36(9-11-37)7-6-26(30,31)32/h2-5,13-14,20,23,38-39H,6-12H2,1H3,(H,34,40)(H3,33,35,41)/t14-,20?,23?/m1/s1. The Morgan fingerprint density at radius 2 is 1.73 bits per heavy atom. The quantitative estimate of drug-likeness (QED) is 0.261. The third-order valence-electron chi connectivity index (χ3n) is 6.59. The Bertz CT molecular complexity index is 1240. The number of carbonyl (C=O) groups is 2. The molecule has 0 radical (unpaired) electrons. The fourth-order valence-electron chi connectivity index (χ4n) is 4.56. The molecule has 1 aliphatic rings. The van der Waals surface area contributed by atoms with E-state index in [-0.39, 0.29) is 18.7 Å². The average Bonchev–Trinajstić information content (AvgIpc) is 2.88. The van der Waals surface area contributed by atoms with E-state index in [1.54, 1.807) is 11.0 Å². The number of nitrogens with one attached hydrogen (secondary N) is 2. The van der Waals surface area contributed by atoms with Crippen molar-refractivity contribution < 1.29 is 41.8 Å². The molecule has 9 nitrogen and oxygen atoms in total. The maximum Gasteiger partial charge on any atom is 0.390 e. The van der Waals surface area contributed by atoms with Crippen LogP contribution in [0.3, 0.4) is 0 Å². The summed E-state index contributed by atoms with van der Waals surface area (Å²) >= 11 is 6.14. The fourth-order valence-corrected chi connectivity index (χ4v) is 4.73. The van der Waals surface area contributed by atoms with Crippen LogP contribution in [0.5, 0.6) is 0 Å². The smallest absolute Gasteiger partial charge is 0.390 e. The van der Waals surface area contributed by atoms with E-state index in [0.717, 1.165) is 12.1 Å². The number of alkyl halides is 3. The summed E-state index contributed by atoms with van der Waals surface area (Å²) in [5, 5.41) is 24.9. The molecule has 1 heterocycles. The Hall–Kier alpha value is -3.20. The highest BCUT2D eigenvalue weighted by molar-refractivity contribution is 6.31. The van der Waals surface area contributed by atoms with E-state index in [9.17, 15) is 33.0 Å².